The van der Waals surface area contributed by atoms with E-state index in [9.17, 15) is 14.3 Å². The molecule has 106 valence electrons. The van der Waals surface area contributed by atoms with Crippen molar-refractivity contribution in [3.63, 3.8) is 0 Å². The number of thiazole rings is 1. The lowest BCUT2D eigenvalue weighted by Crippen LogP contribution is -2.04. The smallest absolute Gasteiger partial charge is 0.336 e. The van der Waals surface area contributed by atoms with Crippen LogP contribution in [0.25, 0.3) is 20.8 Å². The summed E-state index contributed by atoms with van der Waals surface area (Å²) in [5, 5.41) is 10.1. The molecule has 0 atom stereocenters. The van der Waals surface area contributed by atoms with E-state index in [1.807, 2.05) is 13.0 Å². The molecule has 0 bridgehead atoms. The highest BCUT2D eigenvalue weighted by atomic mass is 32.1. The molecule has 0 aliphatic carbocycles. The Morgan fingerprint density at radius 2 is 1.90 bits per heavy atom. The highest BCUT2D eigenvalue weighted by molar-refractivity contribution is 7.21. The maximum absolute atomic E-state index is 13.3. The van der Waals surface area contributed by atoms with Gasteiger partial charge in [-0.05, 0) is 43.2 Å². The van der Waals surface area contributed by atoms with E-state index in [1.165, 1.54) is 23.5 Å². The number of aromatic carboxylic acids is 1. The van der Waals surface area contributed by atoms with Crippen molar-refractivity contribution in [3.05, 3.63) is 52.8 Å². The molecule has 1 aromatic heterocycles. The number of aryl methyl sites for hydroxylation is 2. The van der Waals surface area contributed by atoms with Crippen molar-refractivity contribution in [2.24, 2.45) is 0 Å². The van der Waals surface area contributed by atoms with Crippen molar-refractivity contribution >= 4 is 27.5 Å². The average Bonchev–Trinajstić information content (AvgIpc) is 2.83. The van der Waals surface area contributed by atoms with Gasteiger partial charge in [-0.1, -0.05) is 12.1 Å². The van der Waals surface area contributed by atoms with Crippen molar-refractivity contribution < 1.29 is 14.3 Å². The monoisotopic (exact) mass is 301 g/mol. The molecule has 0 amide bonds. The van der Waals surface area contributed by atoms with Gasteiger partial charge < -0.3 is 5.11 Å². The highest BCUT2D eigenvalue weighted by Gasteiger charge is 2.20. The maximum atomic E-state index is 13.3. The van der Waals surface area contributed by atoms with Crippen LogP contribution < -0.4 is 0 Å². The SMILES string of the molecule is Cc1ccc(C)c(-c2nc3ccc(F)cc3s2)c1C(=O)O. The number of fused-ring (bicyclic) bond motifs is 1. The predicted molar refractivity (Wildman–Crippen MR) is 81.4 cm³/mol. The second-order valence-electron chi connectivity index (χ2n) is 4.89. The fourth-order valence-corrected chi connectivity index (χ4v) is 3.47. The number of carboxylic acids is 1. The van der Waals surface area contributed by atoms with Gasteiger partial charge in [-0.15, -0.1) is 11.3 Å². The van der Waals surface area contributed by atoms with E-state index >= 15 is 0 Å². The molecule has 0 saturated carbocycles. The number of carbonyl (C=O) groups is 1. The minimum Gasteiger partial charge on any atom is -0.478 e. The first kappa shape index (κ1) is 13.7. The first-order valence-electron chi connectivity index (χ1n) is 6.37. The molecule has 0 fully saturated rings. The molecular weight excluding hydrogens is 289 g/mol. The van der Waals surface area contributed by atoms with Crippen molar-refractivity contribution in [2.45, 2.75) is 13.8 Å². The molecule has 3 nitrogen and oxygen atoms in total. The van der Waals surface area contributed by atoms with E-state index in [4.69, 9.17) is 0 Å². The van der Waals surface area contributed by atoms with Gasteiger partial charge in [0.25, 0.3) is 0 Å². The van der Waals surface area contributed by atoms with Gasteiger partial charge in [-0.3, -0.25) is 0 Å². The molecule has 21 heavy (non-hydrogen) atoms. The second-order valence-corrected chi connectivity index (χ2v) is 5.92. The maximum Gasteiger partial charge on any atom is 0.336 e. The van der Waals surface area contributed by atoms with Crippen LogP contribution in [0.5, 0.6) is 0 Å². The number of nitrogens with zero attached hydrogens (tertiary/aromatic N) is 1. The minimum absolute atomic E-state index is 0.259. The van der Waals surface area contributed by atoms with Crippen LogP contribution in [0.15, 0.2) is 30.3 Å². The molecule has 0 aliphatic heterocycles. The summed E-state index contributed by atoms with van der Waals surface area (Å²) < 4.78 is 14.0. The summed E-state index contributed by atoms with van der Waals surface area (Å²) in [4.78, 5) is 16.0. The summed E-state index contributed by atoms with van der Waals surface area (Å²) in [6, 6.07) is 8.05. The van der Waals surface area contributed by atoms with Crippen LogP contribution in [-0.2, 0) is 0 Å². The second kappa shape index (κ2) is 4.93. The molecule has 0 saturated heterocycles. The Morgan fingerprint density at radius 3 is 2.62 bits per heavy atom. The van der Waals surface area contributed by atoms with E-state index < -0.39 is 5.97 Å². The quantitative estimate of drug-likeness (QED) is 0.762. The largest absolute Gasteiger partial charge is 0.478 e. The van der Waals surface area contributed by atoms with Crippen LogP contribution in [0.1, 0.15) is 21.5 Å². The van der Waals surface area contributed by atoms with Crippen molar-refractivity contribution in [2.75, 3.05) is 0 Å². The standard InChI is InChI=1S/C16H12FNO2S/c1-8-3-4-9(2)14(16(19)20)13(8)15-18-11-6-5-10(17)7-12(11)21-15/h3-7H,1-2H3,(H,19,20). The summed E-state index contributed by atoms with van der Waals surface area (Å²) in [7, 11) is 0. The minimum atomic E-state index is -0.975. The first-order chi connectivity index (χ1) is 9.97. The van der Waals surface area contributed by atoms with E-state index in [2.05, 4.69) is 4.98 Å². The Morgan fingerprint density at radius 1 is 1.19 bits per heavy atom. The number of hydrogen-bond acceptors (Lipinski definition) is 3. The zero-order valence-corrected chi connectivity index (χ0v) is 12.3. The average molecular weight is 301 g/mol. The van der Waals surface area contributed by atoms with Crippen molar-refractivity contribution in [3.8, 4) is 10.6 Å². The third-order valence-electron chi connectivity index (χ3n) is 3.40. The van der Waals surface area contributed by atoms with E-state index in [-0.39, 0.29) is 11.4 Å². The van der Waals surface area contributed by atoms with E-state index in [1.54, 1.807) is 19.1 Å². The molecule has 2 aromatic carbocycles. The van der Waals surface area contributed by atoms with Crippen LogP contribution in [0.4, 0.5) is 4.39 Å². The lowest BCUT2D eigenvalue weighted by atomic mass is 9.98. The van der Waals surface area contributed by atoms with Gasteiger partial charge in [0, 0.05) is 5.56 Å². The normalized spacial score (nSPS) is 11.0. The number of benzene rings is 2. The molecule has 0 radical (unpaired) electrons. The molecule has 0 spiro atoms. The van der Waals surface area contributed by atoms with Gasteiger partial charge >= 0.3 is 5.97 Å². The summed E-state index contributed by atoms with van der Waals surface area (Å²) in [5.41, 5.74) is 3.08. The molecule has 1 heterocycles. The fourth-order valence-electron chi connectivity index (χ4n) is 2.37. The van der Waals surface area contributed by atoms with Gasteiger partial charge in [0.1, 0.15) is 10.8 Å². The summed E-state index contributed by atoms with van der Waals surface area (Å²) in [6.07, 6.45) is 0. The van der Waals surface area contributed by atoms with Gasteiger partial charge in [0.05, 0.1) is 15.8 Å². The molecular formula is C16H12FNO2S. The lowest BCUT2D eigenvalue weighted by Gasteiger charge is -2.09. The van der Waals surface area contributed by atoms with Crippen LogP contribution in [0.3, 0.4) is 0 Å². The summed E-state index contributed by atoms with van der Waals surface area (Å²) >= 11 is 1.30. The van der Waals surface area contributed by atoms with Crippen LogP contribution in [0.2, 0.25) is 0 Å². The fraction of sp³-hybridized carbons (Fsp3) is 0.125. The van der Waals surface area contributed by atoms with Gasteiger partial charge in [0.15, 0.2) is 0 Å². The molecule has 3 aromatic rings. The van der Waals surface area contributed by atoms with Crippen LogP contribution in [-0.4, -0.2) is 16.1 Å². The first-order valence-corrected chi connectivity index (χ1v) is 7.19. The highest BCUT2D eigenvalue weighted by Crippen LogP contribution is 2.35. The molecule has 0 unspecified atom stereocenters. The van der Waals surface area contributed by atoms with Crippen LogP contribution in [0, 0.1) is 19.7 Å². The number of halogens is 1. The number of carboxylic acid groups (broad SMARTS) is 1. The Balaban J connectivity index is 2.32. The predicted octanol–water partition coefficient (Wildman–Crippen LogP) is 4.42. The Hall–Kier alpha value is -2.27. The number of rotatable bonds is 2. The number of aromatic nitrogens is 1. The number of hydrogen-bond donors (Lipinski definition) is 1. The van der Waals surface area contributed by atoms with Gasteiger partial charge in [-0.25, -0.2) is 14.2 Å². The summed E-state index contributed by atoms with van der Waals surface area (Å²) in [5.74, 6) is -1.30. The Labute approximate surface area is 124 Å². The molecule has 3 rings (SSSR count). The third kappa shape index (κ3) is 2.29. The van der Waals surface area contributed by atoms with Crippen molar-refractivity contribution in [1.82, 2.24) is 4.98 Å². The Bertz CT molecular complexity index is 870. The third-order valence-corrected chi connectivity index (χ3v) is 4.44. The molecule has 1 N–H and O–H groups in total. The molecule has 5 heteroatoms. The lowest BCUT2D eigenvalue weighted by molar-refractivity contribution is 0.0697. The topological polar surface area (TPSA) is 50.2 Å². The van der Waals surface area contributed by atoms with E-state index in [0.29, 0.717) is 26.4 Å². The zero-order chi connectivity index (χ0) is 15.1. The summed E-state index contributed by atoms with van der Waals surface area (Å²) in [6.45, 7) is 3.62. The van der Waals surface area contributed by atoms with Crippen molar-refractivity contribution in [1.29, 1.82) is 0 Å². The van der Waals surface area contributed by atoms with Gasteiger partial charge in [0.2, 0.25) is 0 Å². The van der Waals surface area contributed by atoms with Crippen LogP contribution >= 0.6 is 11.3 Å². The van der Waals surface area contributed by atoms with Gasteiger partial charge in [-0.2, -0.15) is 0 Å². The zero-order valence-electron chi connectivity index (χ0n) is 11.5. The Kier molecular flexibility index (Phi) is 3.22. The molecule has 0 aliphatic rings. The van der Waals surface area contributed by atoms with E-state index in [0.717, 1.165) is 5.56 Å².